The zero-order valence-electron chi connectivity index (χ0n) is 6.19. The van der Waals surface area contributed by atoms with E-state index in [0.717, 1.165) is 14.5 Å². The lowest BCUT2D eigenvalue weighted by atomic mass is 10.3. The number of hydrogen-bond donors (Lipinski definition) is 0. The van der Waals surface area contributed by atoms with E-state index in [-0.39, 0.29) is 0 Å². The molecule has 0 N–H and O–H groups in total. The molecule has 0 aliphatic heterocycles. The quantitative estimate of drug-likeness (QED) is 0.789. The second-order valence-corrected chi connectivity index (χ2v) is 3.70. The van der Waals surface area contributed by atoms with Crippen LogP contribution >= 0.6 is 31.9 Å². The van der Waals surface area contributed by atoms with Crippen LogP contribution in [0.3, 0.4) is 0 Å². The summed E-state index contributed by atoms with van der Waals surface area (Å²) in [5, 5.41) is 0. The van der Waals surface area contributed by atoms with Crippen LogP contribution in [0.4, 0.5) is 0 Å². The number of nitrogens with zero attached hydrogens (tertiary/aromatic N) is 1. The molecule has 1 heterocycles. The van der Waals surface area contributed by atoms with E-state index in [2.05, 4.69) is 36.8 Å². The van der Waals surface area contributed by atoms with E-state index in [4.69, 9.17) is 4.74 Å². The number of ether oxygens (including phenoxy) is 1. The fourth-order valence-electron chi connectivity index (χ4n) is 0.676. The molecule has 1 aromatic heterocycles. The van der Waals surface area contributed by atoms with Gasteiger partial charge >= 0.3 is 0 Å². The Hall–Kier alpha value is -0.0900. The van der Waals surface area contributed by atoms with Gasteiger partial charge in [0.15, 0.2) is 0 Å². The van der Waals surface area contributed by atoms with Crippen molar-refractivity contribution in [3.8, 4) is 5.88 Å². The van der Waals surface area contributed by atoms with Crippen LogP contribution in [0, 0.1) is 6.92 Å². The van der Waals surface area contributed by atoms with Gasteiger partial charge in [0.05, 0.1) is 11.6 Å². The molecule has 0 saturated carbocycles. The minimum atomic E-state index is 0.616. The van der Waals surface area contributed by atoms with Gasteiger partial charge in [-0.1, -0.05) is 0 Å². The van der Waals surface area contributed by atoms with Gasteiger partial charge in [-0.15, -0.1) is 0 Å². The summed E-state index contributed by atoms with van der Waals surface area (Å²) in [7, 11) is 1.60. The lowest BCUT2D eigenvalue weighted by Gasteiger charge is -2.05. The molecule has 0 saturated heterocycles. The summed E-state index contributed by atoms with van der Waals surface area (Å²) >= 11 is 6.73. The number of pyridine rings is 1. The fraction of sp³-hybridized carbons (Fsp3) is 0.286. The Morgan fingerprint density at radius 2 is 2.09 bits per heavy atom. The third-order valence-corrected chi connectivity index (χ3v) is 3.10. The summed E-state index contributed by atoms with van der Waals surface area (Å²) in [4.78, 5) is 4.04. The Morgan fingerprint density at radius 1 is 1.45 bits per heavy atom. The number of hydrogen-bond acceptors (Lipinski definition) is 2. The molecule has 11 heavy (non-hydrogen) atoms. The third kappa shape index (κ3) is 1.73. The van der Waals surface area contributed by atoms with Crippen molar-refractivity contribution in [2.24, 2.45) is 0 Å². The largest absolute Gasteiger partial charge is 0.480 e. The van der Waals surface area contributed by atoms with Crippen LogP contribution in [-0.2, 0) is 0 Å². The van der Waals surface area contributed by atoms with Gasteiger partial charge in [-0.05, 0) is 44.3 Å². The maximum atomic E-state index is 5.00. The van der Waals surface area contributed by atoms with E-state index >= 15 is 0 Å². The van der Waals surface area contributed by atoms with Gasteiger partial charge in [0.1, 0.15) is 0 Å². The van der Waals surface area contributed by atoms with Gasteiger partial charge in [-0.3, -0.25) is 0 Å². The van der Waals surface area contributed by atoms with Crippen LogP contribution in [0.25, 0.3) is 0 Å². The van der Waals surface area contributed by atoms with Crippen LogP contribution < -0.4 is 4.74 Å². The van der Waals surface area contributed by atoms with Gasteiger partial charge < -0.3 is 4.74 Å². The molecule has 0 atom stereocenters. The van der Waals surface area contributed by atoms with Crippen LogP contribution in [0.5, 0.6) is 5.88 Å². The van der Waals surface area contributed by atoms with Crippen molar-refractivity contribution in [2.45, 2.75) is 6.92 Å². The first-order valence-corrected chi connectivity index (χ1v) is 4.60. The number of rotatable bonds is 1. The molecule has 0 amide bonds. The lowest BCUT2D eigenvalue weighted by molar-refractivity contribution is 0.394. The van der Waals surface area contributed by atoms with Gasteiger partial charge in [-0.2, -0.15) is 0 Å². The summed E-state index contributed by atoms with van der Waals surface area (Å²) in [5.74, 6) is 0.616. The number of halogens is 2. The Labute approximate surface area is 82.2 Å². The van der Waals surface area contributed by atoms with Crippen molar-refractivity contribution in [1.29, 1.82) is 0 Å². The molecular formula is C7H7Br2NO. The average Bonchev–Trinajstić information content (AvgIpc) is 2.01. The van der Waals surface area contributed by atoms with Gasteiger partial charge in [-0.25, -0.2) is 4.98 Å². The molecule has 1 aromatic rings. The van der Waals surface area contributed by atoms with Crippen molar-refractivity contribution >= 4 is 31.9 Å². The van der Waals surface area contributed by atoms with Crippen molar-refractivity contribution in [3.63, 3.8) is 0 Å². The standard InChI is InChI=1S/C7H7Br2NO/c1-4-5(8)3-10-7(11-2)6(4)9/h3H,1-2H3. The predicted molar refractivity (Wildman–Crippen MR) is 50.9 cm³/mol. The molecule has 2 nitrogen and oxygen atoms in total. The topological polar surface area (TPSA) is 22.1 Å². The van der Waals surface area contributed by atoms with Gasteiger partial charge in [0.2, 0.25) is 5.88 Å². The first-order valence-electron chi connectivity index (χ1n) is 3.01. The lowest BCUT2D eigenvalue weighted by Crippen LogP contribution is -1.91. The molecule has 0 spiro atoms. The van der Waals surface area contributed by atoms with E-state index in [1.807, 2.05) is 6.92 Å². The molecule has 0 radical (unpaired) electrons. The monoisotopic (exact) mass is 279 g/mol. The summed E-state index contributed by atoms with van der Waals surface area (Å²) in [5.41, 5.74) is 1.09. The van der Waals surface area contributed by atoms with Crippen LogP contribution in [0.15, 0.2) is 15.1 Å². The molecule has 1 rings (SSSR count). The Balaban J connectivity index is 3.25. The van der Waals surface area contributed by atoms with Gasteiger partial charge in [0, 0.05) is 10.7 Å². The minimum Gasteiger partial charge on any atom is -0.480 e. The molecule has 0 aromatic carbocycles. The SMILES string of the molecule is COc1ncc(Br)c(C)c1Br. The predicted octanol–water partition coefficient (Wildman–Crippen LogP) is 2.92. The maximum absolute atomic E-state index is 5.00. The Bertz CT molecular complexity index is 275. The van der Waals surface area contributed by atoms with Crippen LogP contribution in [0.2, 0.25) is 0 Å². The fourth-order valence-corrected chi connectivity index (χ4v) is 1.72. The molecule has 4 heteroatoms. The average molecular weight is 281 g/mol. The highest BCUT2D eigenvalue weighted by Gasteiger charge is 2.06. The first kappa shape index (κ1) is 9.00. The molecule has 0 aliphatic rings. The first-order chi connectivity index (χ1) is 5.16. The van der Waals surface area contributed by atoms with Crippen molar-refractivity contribution in [1.82, 2.24) is 4.98 Å². The van der Waals surface area contributed by atoms with E-state index in [9.17, 15) is 0 Å². The number of methoxy groups -OCH3 is 1. The van der Waals surface area contributed by atoms with Gasteiger partial charge in [0.25, 0.3) is 0 Å². The molecule has 0 unspecified atom stereocenters. The van der Waals surface area contributed by atoms with E-state index in [1.165, 1.54) is 0 Å². The maximum Gasteiger partial charge on any atom is 0.228 e. The highest BCUT2D eigenvalue weighted by atomic mass is 79.9. The summed E-state index contributed by atoms with van der Waals surface area (Å²) in [6.07, 6.45) is 1.72. The molecule has 0 fully saturated rings. The summed E-state index contributed by atoms with van der Waals surface area (Å²) in [6.45, 7) is 1.98. The summed E-state index contributed by atoms with van der Waals surface area (Å²) in [6, 6.07) is 0. The van der Waals surface area contributed by atoms with Crippen molar-refractivity contribution in [3.05, 3.63) is 20.7 Å². The molecule has 0 bridgehead atoms. The second kappa shape index (κ2) is 3.54. The molecular weight excluding hydrogens is 274 g/mol. The highest BCUT2D eigenvalue weighted by Crippen LogP contribution is 2.30. The third-order valence-electron chi connectivity index (χ3n) is 1.36. The smallest absolute Gasteiger partial charge is 0.228 e. The Kier molecular flexibility index (Phi) is 2.90. The summed E-state index contributed by atoms with van der Waals surface area (Å²) < 4.78 is 6.88. The normalized spacial score (nSPS) is 9.82. The van der Waals surface area contributed by atoms with Crippen LogP contribution in [-0.4, -0.2) is 12.1 Å². The molecule has 60 valence electrons. The second-order valence-electron chi connectivity index (χ2n) is 2.05. The highest BCUT2D eigenvalue weighted by molar-refractivity contribution is 9.11. The van der Waals surface area contributed by atoms with Crippen molar-refractivity contribution in [2.75, 3.05) is 7.11 Å². The molecule has 0 aliphatic carbocycles. The minimum absolute atomic E-state index is 0.616. The van der Waals surface area contributed by atoms with E-state index in [1.54, 1.807) is 13.3 Å². The van der Waals surface area contributed by atoms with E-state index < -0.39 is 0 Å². The van der Waals surface area contributed by atoms with E-state index in [0.29, 0.717) is 5.88 Å². The zero-order valence-corrected chi connectivity index (χ0v) is 9.36. The van der Waals surface area contributed by atoms with Crippen LogP contribution in [0.1, 0.15) is 5.56 Å². The van der Waals surface area contributed by atoms with Crippen molar-refractivity contribution < 1.29 is 4.74 Å². The zero-order chi connectivity index (χ0) is 8.43. The number of aromatic nitrogens is 1. The Morgan fingerprint density at radius 3 is 2.64 bits per heavy atom.